The number of nitriles is 1. The van der Waals surface area contributed by atoms with Crippen LogP contribution in [0.4, 0.5) is 0 Å². The number of ether oxygens (including phenoxy) is 2. The molecule has 18 heavy (non-hydrogen) atoms. The van der Waals surface area contributed by atoms with E-state index in [1.54, 1.807) is 19.2 Å². The second-order valence-corrected chi connectivity index (χ2v) is 4.60. The molecule has 0 bridgehead atoms. The highest BCUT2D eigenvalue weighted by atomic mass is 16.5. The first kappa shape index (κ1) is 12.7. The van der Waals surface area contributed by atoms with Crippen LogP contribution in [0.15, 0.2) is 18.2 Å². The van der Waals surface area contributed by atoms with Gasteiger partial charge in [-0.3, -0.25) is 0 Å². The van der Waals surface area contributed by atoms with Crippen molar-refractivity contribution in [1.29, 1.82) is 5.26 Å². The van der Waals surface area contributed by atoms with E-state index in [4.69, 9.17) is 20.5 Å². The molecule has 0 radical (unpaired) electrons. The molecule has 1 fully saturated rings. The first-order chi connectivity index (χ1) is 8.74. The van der Waals surface area contributed by atoms with Gasteiger partial charge in [0.05, 0.1) is 18.8 Å². The molecular formula is C14H18N2O2. The van der Waals surface area contributed by atoms with Gasteiger partial charge in [0.25, 0.3) is 0 Å². The normalized spacial score (nSPS) is 23.2. The van der Waals surface area contributed by atoms with Crippen LogP contribution in [-0.4, -0.2) is 19.3 Å². The van der Waals surface area contributed by atoms with E-state index in [2.05, 4.69) is 6.07 Å². The molecule has 0 spiro atoms. The molecule has 0 amide bonds. The van der Waals surface area contributed by atoms with Crippen LogP contribution in [-0.2, 0) is 0 Å². The Bertz CT molecular complexity index is 446. The molecule has 4 nitrogen and oxygen atoms in total. The summed E-state index contributed by atoms with van der Waals surface area (Å²) < 4.78 is 11.2. The number of para-hydroxylation sites is 1. The van der Waals surface area contributed by atoms with Gasteiger partial charge in [0, 0.05) is 6.04 Å². The Morgan fingerprint density at radius 1 is 1.28 bits per heavy atom. The van der Waals surface area contributed by atoms with Gasteiger partial charge in [-0.1, -0.05) is 6.07 Å². The van der Waals surface area contributed by atoms with E-state index in [1.165, 1.54) is 0 Å². The van der Waals surface area contributed by atoms with Crippen LogP contribution in [0.2, 0.25) is 0 Å². The van der Waals surface area contributed by atoms with Gasteiger partial charge in [-0.2, -0.15) is 5.26 Å². The third-order valence-corrected chi connectivity index (χ3v) is 3.32. The van der Waals surface area contributed by atoms with Gasteiger partial charge in [-0.05, 0) is 37.8 Å². The number of nitrogens with two attached hydrogens (primary N) is 1. The molecule has 1 aliphatic rings. The lowest BCUT2D eigenvalue weighted by Gasteiger charge is -2.27. The Morgan fingerprint density at radius 2 is 2.00 bits per heavy atom. The maximum Gasteiger partial charge on any atom is 0.179 e. The van der Waals surface area contributed by atoms with Crippen LogP contribution < -0.4 is 15.2 Å². The number of benzene rings is 1. The summed E-state index contributed by atoms with van der Waals surface area (Å²) in [6.45, 7) is 0. The van der Waals surface area contributed by atoms with E-state index >= 15 is 0 Å². The third-order valence-electron chi connectivity index (χ3n) is 3.32. The lowest BCUT2D eigenvalue weighted by molar-refractivity contribution is 0.142. The molecule has 0 saturated heterocycles. The maximum atomic E-state index is 9.10. The number of methoxy groups -OCH3 is 1. The van der Waals surface area contributed by atoms with E-state index in [1.807, 2.05) is 6.07 Å². The fourth-order valence-corrected chi connectivity index (χ4v) is 2.26. The van der Waals surface area contributed by atoms with E-state index in [0.29, 0.717) is 17.1 Å². The Labute approximate surface area is 107 Å². The summed E-state index contributed by atoms with van der Waals surface area (Å²) in [5, 5.41) is 9.10. The van der Waals surface area contributed by atoms with E-state index in [0.717, 1.165) is 25.7 Å². The van der Waals surface area contributed by atoms with Crippen LogP contribution in [0.5, 0.6) is 11.5 Å². The molecule has 1 aromatic carbocycles. The molecule has 0 aliphatic heterocycles. The minimum absolute atomic E-state index is 0.133. The second kappa shape index (κ2) is 5.74. The van der Waals surface area contributed by atoms with Crippen LogP contribution in [0, 0.1) is 11.3 Å². The predicted molar refractivity (Wildman–Crippen MR) is 68.6 cm³/mol. The quantitative estimate of drug-likeness (QED) is 0.887. The summed E-state index contributed by atoms with van der Waals surface area (Å²) in [7, 11) is 1.58. The Balaban J connectivity index is 2.15. The molecule has 0 heterocycles. The van der Waals surface area contributed by atoms with Crippen LogP contribution >= 0.6 is 0 Å². The summed E-state index contributed by atoms with van der Waals surface area (Å²) in [5.41, 5.74) is 6.39. The van der Waals surface area contributed by atoms with Crippen LogP contribution in [0.1, 0.15) is 31.2 Å². The van der Waals surface area contributed by atoms with E-state index in [-0.39, 0.29) is 12.1 Å². The lowest BCUT2D eigenvalue weighted by atomic mass is 9.93. The smallest absolute Gasteiger partial charge is 0.179 e. The summed E-state index contributed by atoms with van der Waals surface area (Å²) in [4.78, 5) is 0. The Morgan fingerprint density at radius 3 is 2.61 bits per heavy atom. The monoisotopic (exact) mass is 246 g/mol. The summed E-state index contributed by atoms with van der Waals surface area (Å²) in [5.74, 6) is 1.17. The van der Waals surface area contributed by atoms with Crippen molar-refractivity contribution in [2.24, 2.45) is 5.73 Å². The van der Waals surface area contributed by atoms with E-state index < -0.39 is 0 Å². The molecule has 0 unspecified atom stereocenters. The molecule has 96 valence electrons. The Kier molecular flexibility index (Phi) is 4.06. The Hall–Kier alpha value is -1.73. The van der Waals surface area contributed by atoms with Gasteiger partial charge in [-0.25, -0.2) is 0 Å². The van der Waals surface area contributed by atoms with Crippen molar-refractivity contribution in [3.05, 3.63) is 23.8 Å². The van der Waals surface area contributed by atoms with Gasteiger partial charge in [0.2, 0.25) is 0 Å². The molecular weight excluding hydrogens is 228 g/mol. The van der Waals surface area contributed by atoms with Gasteiger partial charge < -0.3 is 15.2 Å². The minimum Gasteiger partial charge on any atom is -0.493 e. The van der Waals surface area contributed by atoms with Crippen molar-refractivity contribution in [3.63, 3.8) is 0 Å². The average Bonchev–Trinajstić information content (AvgIpc) is 2.41. The van der Waals surface area contributed by atoms with Crippen LogP contribution in [0.25, 0.3) is 0 Å². The van der Waals surface area contributed by atoms with Crippen LogP contribution in [0.3, 0.4) is 0 Å². The van der Waals surface area contributed by atoms with Crippen molar-refractivity contribution < 1.29 is 9.47 Å². The first-order valence-corrected chi connectivity index (χ1v) is 6.24. The minimum atomic E-state index is 0.133. The molecule has 2 N–H and O–H groups in total. The third kappa shape index (κ3) is 2.74. The average molecular weight is 246 g/mol. The first-order valence-electron chi connectivity index (χ1n) is 6.24. The van der Waals surface area contributed by atoms with Crippen molar-refractivity contribution in [1.82, 2.24) is 0 Å². The lowest BCUT2D eigenvalue weighted by Crippen LogP contribution is -2.31. The molecule has 0 aromatic heterocycles. The summed E-state index contributed by atoms with van der Waals surface area (Å²) in [6.07, 6.45) is 3.95. The largest absolute Gasteiger partial charge is 0.493 e. The van der Waals surface area contributed by atoms with Gasteiger partial charge in [-0.15, -0.1) is 0 Å². The molecule has 1 aliphatic carbocycles. The SMILES string of the molecule is COc1cccc(C#N)c1OC1CCC(N)CC1. The van der Waals surface area contributed by atoms with Crippen molar-refractivity contribution in [2.75, 3.05) is 7.11 Å². The number of hydrogen-bond acceptors (Lipinski definition) is 4. The predicted octanol–water partition coefficient (Wildman–Crippen LogP) is 2.22. The van der Waals surface area contributed by atoms with Crippen molar-refractivity contribution in [3.8, 4) is 17.6 Å². The van der Waals surface area contributed by atoms with Gasteiger partial charge in [0.15, 0.2) is 11.5 Å². The van der Waals surface area contributed by atoms with Gasteiger partial charge in [0.1, 0.15) is 6.07 Å². The zero-order valence-electron chi connectivity index (χ0n) is 10.6. The zero-order valence-corrected chi connectivity index (χ0v) is 10.6. The molecule has 2 rings (SSSR count). The summed E-state index contributed by atoms with van der Waals surface area (Å²) in [6, 6.07) is 7.77. The topological polar surface area (TPSA) is 68.3 Å². The molecule has 1 saturated carbocycles. The molecule has 1 aromatic rings. The van der Waals surface area contributed by atoms with E-state index in [9.17, 15) is 0 Å². The standard InChI is InChI=1S/C14H18N2O2/c1-17-13-4-2-3-10(9-15)14(13)18-12-7-5-11(16)6-8-12/h2-4,11-12H,5-8,16H2,1H3. The molecule has 0 atom stereocenters. The fourth-order valence-electron chi connectivity index (χ4n) is 2.26. The van der Waals surface area contributed by atoms with Crippen molar-refractivity contribution >= 4 is 0 Å². The zero-order chi connectivity index (χ0) is 13.0. The highest BCUT2D eigenvalue weighted by molar-refractivity contribution is 5.52. The summed E-state index contributed by atoms with van der Waals surface area (Å²) >= 11 is 0. The van der Waals surface area contributed by atoms with Gasteiger partial charge >= 0.3 is 0 Å². The van der Waals surface area contributed by atoms with Crippen molar-refractivity contribution in [2.45, 2.75) is 37.8 Å². The molecule has 4 heteroatoms. The number of nitrogens with zero attached hydrogens (tertiary/aromatic N) is 1. The fraction of sp³-hybridized carbons (Fsp3) is 0.500. The maximum absolute atomic E-state index is 9.10. The number of rotatable bonds is 3. The second-order valence-electron chi connectivity index (χ2n) is 4.60. The highest BCUT2D eigenvalue weighted by Crippen LogP contribution is 2.33. The highest BCUT2D eigenvalue weighted by Gasteiger charge is 2.22. The number of hydrogen-bond donors (Lipinski definition) is 1.